The van der Waals surface area contributed by atoms with Crippen molar-refractivity contribution >= 4 is 17.8 Å². The number of carbonyl (C=O) groups is 3. The first-order chi connectivity index (χ1) is 16.8. The Kier molecular flexibility index (Phi) is 8.13. The van der Waals surface area contributed by atoms with Crippen molar-refractivity contribution in [2.24, 2.45) is 5.73 Å². The quantitative estimate of drug-likeness (QED) is 0.360. The van der Waals surface area contributed by atoms with E-state index in [0.717, 1.165) is 17.7 Å². The highest BCUT2D eigenvalue weighted by molar-refractivity contribution is 6.02. The van der Waals surface area contributed by atoms with Crippen molar-refractivity contribution in [3.8, 4) is 11.5 Å². The first-order valence-electron chi connectivity index (χ1n) is 12.2. The Morgan fingerprint density at radius 2 is 1.94 bits per heavy atom. The van der Waals surface area contributed by atoms with Gasteiger partial charge in [0.25, 0.3) is 5.91 Å². The van der Waals surface area contributed by atoms with Gasteiger partial charge < -0.3 is 30.7 Å². The van der Waals surface area contributed by atoms with Crippen molar-refractivity contribution in [3.05, 3.63) is 46.1 Å². The summed E-state index contributed by atoms with van der Waals surface area (Å²) in [5, 5.41) is 31.1. The molecule has 3 atom stereocenters. The predicted molar refractivity (Wildman–Crippen MR) is 134 cm³/mol. The van der Waals surface area contributed by atoms with Crippen LogP contribution in [0, 0.1) is 0 Å². The van der Waals surface area contributed by atoms with Crippen LogP contribution in [0.2, 0.25) is 0 Å². The minimum Gasteiger partial charge on any atom is -0.508 e. The van der Waals surface area contributed by atoms with Crippen LogP contribution >= 0.6 is 0 Å². The maximum absolute atomic E-state index is 13.0. The van der Waals surface area contributed by atoms with Crippen molar-refractivity contribution in [1.29, 1.82) is 0 Å². The molecule has 2 aliphatic heterocycles. The van der Waals surface area contributed by atoms with E-state index in [9.17, 15) is 29.7 Å². The lowest BCUT2D eigenvalue weighted by molar-refractivity contribution is -0.144. The van der Waals surface area contributed by atoms with E-state index in [1.807, 2.05) is 0 Å². The van der Waals surface area contributed by atoms with Crippen LogP contribution in [0.3, 0.4) is 0 Å². The van der Waals surface area contributed by atoms with Crippen molar-refractivity contribution in [2.45, 2.75) is 90.5 Å². The Labute approximate surface area is 211 Å². The monoisotopic (exact) mass is 500 g/mol. The van der Waals surface area contributed by atoms with E-state index in [-0.39, 0.29) is 24.3 Å². The van der Waals surface area contributed by atoms with Crippen molar-refractivity contribution in [2.75, 3.05) is 0 Å². The summed E-state index contributed by atoms with van der Waals surface area (Å²) in [5.41, 5.74) is 7.70. The second-order valence-electron chi connectivity index (χ2n) is 10.2. The molecule has 0 bridgehead atoms. The summed E-state index contributed by atoms with van der Waals surface area (Å²) in [6, 6.07) is -0.156. The van der Waals surface area contributed by atoms with Gasteiger partial charge >= 0.3 is 5.97 Å². The van der Waals surface area contributed by atoms with E-state index in [2.05, 4.69) is 32.9 Å². The first kappa shape index (κ1) is 27.3. The number of benzene rings is 1. The van der Waals surface area contributed by atoms with E-state index in [1.54, 1.807) is 6.92 Å². The number of aromatic hydroxyl groups is 1. The lowest BCUT2D eigenvalue weighted by atomic mass is 9.84. The number of aliphatic hydroxyl groups excluding tert-OH is 1. The van der Waals surface area contributed by atoms with Gasteiger partial charge in [0, 0.05) is 17.5 Å². The molecule has 2 heterocycles. The van der Waals surface area contributed by atoms with Gasteiger partial charge in [-0.05, 0) is 59.4 Å². The fourth-order valence-electron chi connectivity index (χ4n) is 4.79. The SMILES string of the molecule is CC(C)=CCC/C(C)=C/CC[C@]1(C)Oc2c(c(O)cc3c2CN([C@@H](CC(N)=O)C(=O)O)C3=O)CC1O. The van der Waals surface area contributed by atoms with Crippen LogP contribution in [0.25, 0.3) is 0 Å². The van der Waals surface area contributed by atoms with Crippen LogP contribution in [0.15, 0.2) is 29.4 Å². The molecule has 0 radical (unpaired) electrons. The van der Waals surface area contributed by atoms with E-state index in [0.29, 0.717) is 29.7 Å². The zero-order valence-corrected chi connectivity index (χ0v) is 21.3. The van der Waals surface area contributed by atoms with Gasteiger partial charge in [-0.3, -0.25) is 9.59 Å². The molecule has 0 saturated carbocycles. The third kappa shape index (κ3) is 5.73. The molecular formula is C27H36N2O7. The number of phenols is 1. The number of primary amides is 1. The molecule has 36 heavy (non-hydrogen) atoms. The van der Waals surface area contributed by atoms with Gasteiger partial charge in [-0.2, -0.15) is 0 Å². The number of fused-ring (bicyclic) bond motifs is 3. The molecule has 0 aromatic heterocycles. The smallest absolute Gasteiger partial charge is 0.326 e. The van der Waals surface area contributed by atoms with Gasteiger partial charge in [0.05, 0.1) is 24.6 Å². The lowest BCUT2D eigenvalue weighted by Gasteiger charge is -2.41. The molecule has 0 saturated heterocycles. The number of carboxylic acid groups (broad SMARTS) is 1. The molecule has 9 nitrogen and oxygen atoms in total. The number of carbonyl (C=O) groups excluding carboxylic acids is 2. The van der Waals surface area contributed by atoms with E-state index < -0.39 is 42.0 Å². The zero-order valence-electron chi connectivity index (χ0n) is 21.3. The molecule has 0 aliphatic carbocycles. The lowest BCUT2D eigenvalue weighted by Crippen LogP contribution is -2.49. The van der Waals surface area contributed by atoms with E-state index in [4.69, 9.17) is 10.5 Å². The van der Waals surface area contributed by atoms with Gasteiger partial charge in [-0.1, -0.05) is 23.3 Å². The van der Waals surface area contributed by atoms with Crippen molar-refractivity contribution in [1.82, 2.24) is 4.90 Å². The molecular weight excluding hydrogens is 464 g/mol. The molecule has 0 spiro atoms. The average molecular weight is 501 g/mol. The van der Waals surface area contributed by atoms with Gasteiger partial charge in [-0.25, -0.2) is 4.79 Å². The topological polar surface area (TPSA) is 150 Å². The normalized spacial score (nSPS) is 21.9. The molecule has 196 valence electrons. The number of phenolic OH excluding ortho intramolecular Hbond substituents is 1. The Morgan fingerprint density at radius 3 is 2.56 bits per heavy atom. The number of carboxylic acids is 1. The Balaban J connectivity index is 1.84. The average Bonchev–Trinajstić information content (AvgIpc) is 3.09. The highest BCUT2D eigenvalue weighted by atomic mass is 16.5. The number of allylic oxidation sites excluding steroid dienone is 4. The van der Waals surface area contributed by atoms with Crippen LogP contribution in [0.4, 0.5) is 0 Å². The van der Waals surface area contributed by atoms with Crippen LogP contribution in [-0.2, 0) is 22.6 Å². The Morgan fingerprint density at radius 1 is 1.25 bits per heavy atom. The van der Waals surface area contributed by atoms with E-state index >= 15 is 0 Å². The van der Waals surface area contributed by atoms with Crippen LogP contribution in [0.1, 0.15) is 81.3 Å². The van der Waals surface area contributed by atoms with Crippen molar-refractivity contribution < 1.29 is 34.4 Å². The Bertz CT molecular complexity index is 1120. The van der Waals surface area contributed by atoms with Gasteiger partial charge in [0.2, 0.25) is 5.91 Å². The molecule has 1 unspecified atom stereocenters. The number of hydrogen-bond acceptors (Lipinski definition) is 6. The minimum atomic E-state index is -1.43. The van der Waals surface area contributed by atoms with E-state index in [1.165, 1.54) is 17.2 Å². The summed E-state index contributed by atoms with van der Waals surface area (Å²) in [5.74, 6) is -2.71. The third-order valence-electron chi connectivity index (χ3n) is 7.00. The number of nitrogens with two attached hydrogens (primary N) is 1. The first-order valence-corrected chi connectivity index (χ1v) is 12.2. The standard InChI is InChI=1S/C27H36N2O7/c1-15(2)7-5-8-16(3)9-6-10-27(4)22(31)12-18-21(30)11-17-19(24(18)36-27)14-29(25(17)33)20(26(34)35)13-23(28)32/h7,9,11,20,22,30-31H,5-6,8,10,12-14H2,1-4H3,(H2,28,32)(H,34,35)/b16-9+/t20-,22?,27-/m0/s1. The van der Waals surface area contributed by atoms with Crippen LogP contribution < -0.4 is 10.5 Å². The highest BCUT2D eigenvalue weighted by Crippen LogP contribution is 2.46. The fourth-order valence-corrected chi connectivity index (χ4v) is 4.79. The largest absolute Gasteiger partial charge is 0.508 e. The second kappa shape index (κ2) is 10.7. The Hall–Kier alpha value is -3.33. The van der Waals surface area contributed by atoms with Crippen LogP contribution in [0.5, 0.6) is 11.5 Å². The second-order valence-corrected chi connectivity index (χ2v) is 10.2. The molecule has 2 aliphatic rings. The van der Waals surface area contributed by atoms with Crippen molar-refractivity contribution in [3.63, 3.8) is 0 Å². The number of rotatable bonds is 10. The summed E-state index contributed by atoms with van der Waals surface area (Å²) in [6.45, 7) is 7.91. The number of ether oxygens (including phenoxy) is 1. The predicted octanol–water partition coefficient (Wildman–Crippen LogP) is 3.20. The number of aliphatic carboxylic acids is 1. The fraction of sp³-hybridized carbons (Fsp3) is 0.519. The molecule has 3 rings (SSSR count). The maximum atomic E-state index is 13.0. The molecule has 9 heteroatoms. The van der Waals surface area contributed by atoms with Gasteiger partial charge in [-0.15, -0.1) is 0 Å². The molecule has 5 N–H and O–H groups in total. The molecule has 2 amide bonds. The van der Waals surface area contributed by atoms with Gasteiger partial charge in [0.15, 0.2) is 0 Å². The number of nitrogens with zero attached hydrogens (tertiary/aromatic N) is 1. The summed E-state index contributed by atoms with van der Waals surface area (Å²) < 4.78 is 6.30. The molecule has 1 aromatic carbocycles. The highest BCUT2D eigenvalue weighted by Gasteiger charge is 2.45. The summed E-state index contributed by atoms with van der Waals surface area (Å²) in [6.07, 6.45) is 6.15. The summed E-state index contributed by atoms with van der Waals surface area (Å²) >= 11 is 0. The third-order valence-corrected chi connectivity index (χ3v) is 7.00. The van der Waals surface area contributed by atoms with Gasteiger partial charge in [0.1, 0.15) is 23.1 Å². The summed E-state index contributed by atoms with van der Waals surface area (Å²) in [7, 11) is 0. The zero-order chi connectivity index (χ0) is 26.8. The number of amides is 2. The number of hydrogen-bond donors (Lipinski definition) is 4. The molecule has 1 aromatic rings. The maximum Gasteiger partial charge on any atom is 0.326 e. The summed E-state index contributed by atoms with van der Waals surface area (Å²) in [4.78, 5) is 37.3. The molecule has 0 fully saturated rings. The number of aliphatic hydroxyl groups is 1. The minimum absolute atomic E-state index is 0.101. The van der Waals surface area contributed by atoms with Crippen LogP contribution in [-0.4, -0.2) is 55.8 Å².